The van der Waals surface area contributed by atoms with Gasteiger partial charge in [0.05, 0.1) is 38.4 Å². The van der Waals surface area contributed by atoms with E-state index in [4.69, 9.17) is 25.4 Å². The van der Waals surface area contributed by atoms with Gasteiger partial charge in [-0.2, -0.15) is 0 Å². The number of primary amides is 1. The number of carbonyl (C=O) groups excluding carboxylic acids is 4. The Hall–Kier alpha value is -3.14. The number of ether oxygens (including phenoxy) is 2. The second-order valence-electron chi connectivity index (χ2n) is 13.3. The SMILES string of the molecule is CNC(CCCCNC(=O)COCCOCCNC(=O)CCCCCCCCCCCCCCCCC(=O)O)C(=O)CNC(CCC(=O)O)C(N)=O. The van der Waals surface area contributed by atoms with Crippen molar-refractivity contribution >= 4 is 35.4 Å². The number of hydrogen-bond acceptors (Lipinski definition) is 10. The summed E-state index contributed by atoms with van der Waals surface area (Å²) < 4.78 is 10.8. The molecule has 0 radical (unpaired) electrons. The van der Waals surface area contributed by atoms with E-state index >= 15 is 0 Å². The molecule has 15 nitrogen and oxygen atoms in total. The maximum atomic E-state index is 12.5. The number of carboxylic acid groups (broad SMARTS) is 2. The van der Waals surface area contributed by atoms with E-state index < -0.39 is 29.9 Å². The molecule has 0 saturated heterocycles. The van der Waals surface area contributed by atoms with Crippen molar-refractivity contribution in [1.82, 2.24) is 21.3 Å². The molecule has 0 rings (SSSR count). The molecule has 0 saturated carbocycles. The molecule has 0 heterocycles. The van der Waals surface area contributed by atoms with E-state index in [1.165, 1.54) is 51.4 Å². The quantitative estimate of drug-likeness (QED) is 0.0450. The van der Waals surface area contributed by atoms with Crippen molar-refractivity contribution in [2.45, 2.75) is 147 Å². The van der Waals surface area contributed by atoms with Crippen LogP contribution in [0.15, 0.2) is 0 Å². The van der Waals surface area contributed by atoms with Crippen LogP contribution in [0.2, 0.25) is 0 Å². The van der Waals surface area contributed by atoms with Crippen LogP contribution in [0.1, 0.15) is 135 Å². The molecule has 0 aromatic heterocycles. The van der Waals surface area contributed by atoms with Gasteiger partial charge in [-0.1, -0.05) is 77.0 Å². The number of likely N-dealkylation sites (N-methyl/N-ethyl adjacent to an activating group) is 1. The Morgan fingerprint density at radius 3 is 1.62 bits per heavy atom. The van der Waals surface area contributed by atoms with Crippen LogP contribution >= 0.6 is 0 Å². The Labute approximate surface area is 310 Å². The molecular weight excluding hydrogens is 674 g/mol. The molecule has 0 aliphatic carbocycles. The summed E-state index contributed by atoms with van der Waals surface area (Å²) in [6.45, 7) is 1.60. The third kappa shape index (κ3) is 32.7. The van der Waals surface area contributed by atoms with E-state index in [1.807, 2.05) is 0 Å². The lowest BCUT2D eigenvalue weighted by molar-refractivity contribution is -0.138. The predicted molar refractivity (Wildman–Crippen MR) is 199 cm³/mol. The third-order valence-electron chi connectivity index (χ3n) is 8.71. The van der Waals surface area contributed by atoms with Crippen LogP contribution in [0.5, 0.6) is 0 Å². The number of Topliss-reactive ketones (excluding diaryl/α,β-unsaturated/α-hetero) is 1. The van der Waals surface area contributed by atoms with Crippen LogP contribution in [0.3, 0.4) is 0 Å². The first kappa shape index (κ1) is 48.9. The molecule has 2 atom stereocenters. The zero-order chi connectivity index (χ0) is 38.7. The van der Waals surface area contributed by atoms with Crippen molar-refractivity contribution in [3.8, 4) is 0 Å². The fourth-order valence-electron chi connectivity index (χ4n) is 5.60. The second-order valence-corrected chi connectivity index (χ2v) is 13.3. The van der Waals surface area contributed by atoms with E-state index in [-0.39, 0.29) is 50.2 Å². The third-order valence-corrected chi connectivity index (χ3v) is 8.71. The van der Waals surface area contributed by atoms with Crippen LogP contribution in [0, 0.1) is 0 Å². The van der Waals surface area contributed by atoms with Crippen molar-refractivity contribution < 1.29 is 48.5 Å². The number of ketones is 1. The molecule has 52 heavy (non-hydrogen) atoms. The minimum Gasteiger partial charge on any atom is -0.481 e. The highest BCUT2D eigenvalue weighted by atomic mass is 16.5. The zero-order valence-corrected chi connectivity index (χ0v) is 31.7. The highest BCUT2D eigenvalue weighted by molar-refractivity contribution is 5.87. The fourth-order valence-corrected chi connectivity index (χ4v) is 5.60. The van der Waals surface area contributed by atoms with Gasteiger partial charge < -0.3 is 41.4 Å². The number of rotatable bonds is 39. The number of carboxylic acids is 2. The Bertz CT molecular complexity index is 985. The fraction of sp³-hybridized carbons (Fsp3) is 0.838. The van der Waals surface area contributed by atoms with E-state index in [9.17, 15) is 28.8 Å². The molecule has 0 fully saturated rings. The number of hydrogen-bond donors (Lipinski definition) is 7. The molecular formula is C37H69N5O10. The lowest BCUT2D eigenvalue weighted by atomic mass is 10.0. The monoisotopic (exact) mass is 744 g/mol. The molecule has 0 bridgehead atoms. The van der Waals surface area contributed by atoms with Gasteiger partial charge in [0.1, 0.15) is 6.61 Å². The van der Waals surface area contributed by atoms with Crippen LogP contribution in [-0.4, -0.2) is 111 Å². The first-order valence-corrected chi connectivity index (χ1v) is 19.4. The predicted octanol–water partition coefficient (Wildman–Crippen LogP) is 3.21. The van der Waals surface area contributed by atoms with Gasteiger partial charge in [-0.05, 0) is 45.6 Å². The summed E-state index contributed by atoms with van der Waals surface area (Å²) >= 11 is 0. The lowest BCUT2D eigenvalue weighted by Crippen LogP contribution is -2.47. The van der Waals surface area contributed by atoms with Crippen LogP contribution in [0.25, 0.3) is 0 Å². The highest BCUT2D eigenvalue weighted by Crippen LogP contribution is 2.14. The van der Waals surface area contributed by atoms with Gasteiger partial charge in [0.2, 0.25) is 17.7 Å². The number of aliphatic carboxylic acids is 2. The van der Waals surface area contributed by atoms with Crippen LogP contribution in [0.4, 0.5) is 0 Å². The topological polar surface area (TPSA) is 235 Å². The van der Waals surface area contributed by atoms with Gasteiger partial charge in [-0.15, -0.1) is 0 Å². The minimum absolute atomic E-state index is 0.00546. The van der Waals surface area contributed by atoms with Gasteiger partial charge in [0.25, 0.3) is 0 Å². The van der Waals surface area contributed by atoms with E-state index in [0.717, 1.165) is 38.5 Å². The number of amides is 3. The Morgan fingerprint density at radius 2 is 1.08 bits per heavy atom. The average molecular weight is 744 g/mol. The molecule has 0 aliphatic rings. The minimum atomic E-state index is -1.05. The van der Waals surface area contributed by atoms with Crippen LogP contribution < -0.4 is 27.0 Å². The first-order chi connectivity index (χ1) is 25.1. The normalized spacial score (nSPS) is 12.2. The van der Waals surface area contributed by atoms with E-state index in [1.54, 1.807) is 7.05 Å². The average Bonchev–Trinajstić information content (AvgIpc) is 3.10. The van der Waals surface area contributed by atoms with Crippen molar-refractivity contribution in [3.63, 3.8) is 0 Å². The molecule has 2 unspecified atom stereocenters. The van der Waals surface area contributed by atoms with Gasteiger partial charge >= 0.3 is 11.9 Å². The molecule has 15 heteroatoms. The Balaban J connectivity index is 3.58. The molecule has 0 aromatic carbocycles. The largest absolute Gasteiger partial charge is 0.481 e. The van der Waals surface area contributed by atoms with Gasteiger partial charge in [0, 0.05) is 32.4 Å². The number of unbranched alkanes of at least 4 members (excludes halogenated alkanes) is 14. The lowest BCUT2D eigenvalue weighted by Gasteiger charge is -2.18. The summed E-state index contributed by atoms with van der Waals surface area (Å²) in [4.78, 5) is 69.2. The molecule has 8 N–H and O–H groups in total. The zero-order valence-electron chi connectivity index (χ0n) is 31.7. The summed E-state index contributed by atoms with van der Waals surface area (Å²) in [6, 6.07) is -1.34. The molecule has 3 amide bonds. The summed E-state index contributed by atoms with van der Waals surface area (Å²) in [6.07, 6.45) is 18.5. The smallest absolute Gasteiger partial charge is 0.303 e. The van der Waals surface area contributed by atoms with Crippen molar-refractivity contribution in [1.29, 1.82) is 0 Å². The number of carbonyl (C=O) groups is 6. The highest BCUT2D eigenvalue weighted by Gasteiger charge is 2.21. The standard InChI is InChI=1S/C37H69N5O10/c1-39-30(32(43)28-42-31(37(38)50)21-22-36(48)49)18-16-17-23-40-34(45)29-52-27-26-51-25-24-41-33(44)19-14-12-10-8-6-4-2-3-5-7-9-11-13-15-20-35(46)47/h30-31,39,42H,2-29H2,1H3,(H2,38,50)(H,40,45)(H,41,44)(H,46,47)(H,48,49). The van der Waals surface area contributed by atoms with E-state index in [2.05, 4.69) is 21.3 Å². The number of nitrogens with one attached hydrogen (secondary N) is 4. The van der Waals surface area contributed by atoms with Crippen molar-refractivity contribution in [3.05, 3.63) is 0 Å². The van der Waals surface area contributed by atoms with Gasteiger partial charge in [0.15, 0.2) is 5.78 Å². The summed E-state index contributed by atoms with van der Waals surface area (Å²) in [5.74, 6) is -2.83. The maximum Gasteiger partial charge on any atom is 0.303 e. The Kier molecular flexibility index (Phi) is 32.8. The van der Waals surface area contributed by atoms with Gasteiger partial charge in [-0.3, -0.25) is 34.1 Å². The molecule has 0 aliphatic heterocycles. The van der Waals surface area contributed by atoms with Crippen molar-refractivity contribution in [2.24, 2.45) is 5.73 Å². The summed E-state index contributed by atoms with van der Waals surface area (Å²) in [7, 11) is 1.66. The molecule has 0 aromatic rings. The molecule has 302 valence electrons. The maximum absolute atomic E-state index is 12.5. The van der Waals surface area contributed by atoms with Crippen molar-refractivity contribution in [2.75, 3.05) is 53.1 Å². The Morgan fingerprint density at radius 1 is 0.558 bits per heavy atom. The summed E-state index contributed by atoms with van der Waals surface area (Å²) in [5, 5.41) is 28.7. The van der Waals surface area contributed by atoms with E-state index in [0.29, 0.717) is 58.4 Å². The second kappa shape index (κ2) is 34.9. The first-order valence-electron chi connectivity index (χ1n) is 19.4. The summed E-state index contributed by atoms with van der Waals surface area (Å²) in [5.41, 5.74) is 5.28. The van der Waals surface area contributed by atoms with Crippen LogP contribution in [-0.2, 0) is 38.2 Å². The molecule has 0 spiro atoms. The number of nitrogens with two attached hydrogens (primary N) is 1. The van der Waals surface area contributed by atoms with Gasteiger partial charge in [-0.25, -0.2) is 0 Å².